The lowest BCUT2D eigenvalue weighted by Gasteiger charge is -2.38. The highest BCUT2D eigenvalue weighted by Crippen LogP contribution is 2.34. The van der Waals surface area contributed by atoms with Crippen LogP contribution in [0.25, 0.3) is 22.4 Å². The Balaban J connectivity index is 1.36. The summed E-state index contributed by atoms with van der Waals surface area (Å²) in [6.45, 7) is -0.891. The number of phenolic OH excluding ortho intramolecular Hbond substituents is 1. The molecule has 0 radical (unpaired) electrons. The predicted octanol–water partition coefficient (Wildman–Crippen LogP) is 3.27. The minimum Gasteiger partial charge on any atom is -0.507 e. The average Bonchev–Trinajstić information content (AvgIpc) is 3.24. The van der Waals surface area contributed by atoms with Gasteiger partial charge in [0.1, 0.15) is 17.7 Å². The summed E-state index contributed by atoms with van der Waals surface area (Å²) in [6, 6.07) is 7.93. The van der Waals surface area contributed by atoms with Crippen molar-refractivity contribution in [1.82, 2.24) is 19.9 Å². The number of fused-ring (bicyclic) bond motifs is 2. The normalized spacial score (nSPS) is 24.1. The van der Waals surface area contributed by atoms with Crippen molar-refractivity contribution in [1.29, 1.82) is 0 Å². The largest absolute Gasteiger partial charge is 0.507 e. The van der Waals surface area contributed by atoms with Crippen LogP contribution in [0.15, 0.2) is 53.7 Å². The maximum atomic E-state index is 14.9. The second-order valence-corrected chi connectivity index (χ2v) is 8.74. The monoisotopic (exact) mass is 453 g/mol. The Hall–Kier alpha value is -3.33. The molecule has 9 heteroatoms. The van der Waals surface area contributed by atoms with Gasteiger partial charge in [0.05, 0.1) is 24.1 Å². The third-order valence-corrected chi connectivity index (χ3v) is 6.78. The van der Waals surface area contributed by atoms with Gasteiger partial charge in [-0.1, -0.05) is 6.07 Å². The minimum atomic E-state index is -0.959. The second kappa shape index (κ2) is 8.55. The highest BCUT2D eigenvalue weighted by Gasteiger charge is 2.43. The highest BCUT2D eigenvalue weighted by atomic mass is 19.1. The number of nitrogens with one attached hydrogen (secondary N) is 1. The highest BCUT2D eigenvalue weighted by molar-refractivity contribution is 5.74. The van der Waals surface area contributed by atoms with Crippen LogP contribution in [-0.2, 0) is 6.80 Å². The van der Waals surface area contributed by atoms with Crippen LogP contribution in [0.3, 0.4) is 0 Å². The fourth-order valence-electron chi connectivity index (χ4n) is 4.87. The number of hydrogen-bond donors (Lipinski definition) is 2. The number of halogens is 2. The van der Waals surface area contributed by atoms with Crippen LogP contribution >= 0.6 is 0 Å². The van der Waals surface area contributed by atoms with Crippen molar-refractivity contribution in [2.24, 2.45) is 0 Å². The van der Waals surface area contributed by atoms with E-state index in [1.165, 1.54) is 18.3 Å². The van der Waals surface area contributed by atoms with Crippen molar-refractivity contribution >= 4 is 5.82 Å². The molecule has 1 aromatic carbocycles. The number of anilines is 1. The maximum Gasteiger partial charge on any atom is 0.253 e. The molecule has 172 valence electrons. The zero-order valence-electron chi connectivity index (χ0n) is 18.2. The molecule has 2 aliphatic heterocycles. The Kier molecular flexibility index (Phi) is 5.57. The molecule has 0 saturated carbocycles. The van der Waals surface area contributed by atoms with Crippen molar-refractivity contribution < 1.29 is 13.9 Å². The molecule has 5 rings (SSSR count). The van der Waals surface area contributed by atoms with Gasteiger partial charge < -0.3 is 15.3 Å². The van der Waals surface area contributed by atoms with Gasteiger partial charge in [-0.2, -0.15) is 0 Å². The van der Waals surface area contributed by atoms with Crippen LogP contribution in [0.1, 0.15) is 19.3 Å². The van der Waals surface area contributed by atoms with Gasteiger partial charge >= 0.3 is 0 Å². The first-order valence-electron chi connectivity index (χ1n) is 11.0. The summed E-state index contributed by atoms with van der Waals surface area (Å²) in [7, 11) is 1.84. The Bertz CT molecular complexity index is 1220. The molecule has 33 heavy (non-hydrogen) atoms. The minimum absolute atomic E-state index is 0.0173. The molecular formula is C24H25F2N5O2. The summed E-state index contributed by atoms with van der Waals surface area (Å²) in [5.74, 6) is 0.563. The van der Waals surface area contributed by atoms with Crippen molar-refractivity contribution in [2.75, 3.05) is 11.9 Å². The van der Waals surface area contributed by atoms with E-state index < -0.39 is 18.5 Å². The number of nitrogens with zero attached hydrogens (tertiary/aromatic N) is 4. The number of rotatable bonds is 5. The first-order chi connectivity index (χ1) is 15.9. The van der Waals surface area contributed by atoms with Gasteiger partial charge in [0.15, 0.2) is 6.80 Å². The van der Waals surface area contributed by atoms with E-state index in [-0.39, 0.29) is 17.8 Å². The predicted molar refractivity (Wildman–Crippen MR) is 122 cm³/mol. The van der Waals surface area contributed by atoms with Gasteiger partial charge in [0, 0.05) is 37.0 Å². The number of phenols is 1. The van der Waals surface area contributed by atoms with E-state index in [4.69, 9.17) is 0 Å². The van der Waals surface area contributed by atoms with E-state index in [9.17, 15) is 18.7 Å². The number of alkyl halides is 2. The van der Waals surface area contributed by atoms with Crippen LogP contribution in [0.2, 0.25) is 0 Å². The molecule has 0 spiro atoms. The van der Waals surface area contributed by atoms with Crippen molar-refractivity contribution in [3.8, 4) is 28.1 Å². The zero-order valence-corrected chi connectivity index (χ0v) is 18.2. The van der Waals surface area contributed by atoms with E-state index in [1.807, 2.05) is 11.9 Å². The van der Waals surface area contributed by atoms with Crippen LogP contribution in [0, 0.1) is 0 Å². The number of hydrogen-bond acceptors (Lipinski definition) is 6. The van der Waals surface area contributed by atoms with Gasteiger partial charge in [-0.05, 0) is 48.6 Å². The summed E-state index contributed by atoms with van der Waals surface area (Å²) < 4.78 is 28.6. The average molecular weight is 453 g/mol. The standard InChI is InChI=1S/C24H25F2N5O2/c1-30(20-10-16-3-5-18(29-16)24(20)26)22-12-27-19(11-28-22)17-4-2-14(8-21(17)32)15-6-7-31(13-25)23(33)9-15/h2,4,6-9,11-12,16,18,20,24,29,32H,3,5,10,13H2,1H3/t16?,18?,20-,24+/m1/s1. The molecule has 0 amide bonds. The molecule has 2 aromatic heterocycles. The number of benzene rings is 1. The molecule has 0 aliphatic carbocycles. The topological polar surface area (TPSA) is 83.3 Å². The van der Waals surface area contributed by atoms with Crippen LogP contribution in [-0.4, -0.2) is 51.0 Å². The van der Waals surface area contributed by atoms with Crippen molar-refractivity contribution in [3.63, 3.8) is 0 Å². The molecule has 7 nitrogen and oxygen atoms in total. The molecule has 3 aromatic rings. The van der Waals surface area contributed by atoms with E-state index in [0.29, 0.717) is 34.2 Å². The van der Waals surface area contributed by atoms with Crippen LogP contribution in [0.4, 0.5) is 14.6 Å². The van der Waals surface area contributed by atoms with E-state index in [1.54, 1.807) is 30.6 Å². The third-order valence-electron chi connectivity index (χ3n) is 6.78. The molecular weight excluding hydrogens is 428 g/mol. The number of pyridine rings is 1. The summed E-state index contributed by atoms with van der Waals surface area (Å²) in [6.07, 6.45) is 6.17. The molecule has 2 aliphatic rings. The third kappa shape index (κ3) is 3.97. The quantitative estimate of drug-likeness (QED) is 0.617. The lowest BCUT2D eigenvalue weighted by atomic mass is 9.96. The van der Waals surface area contributed by atoms with Gasteiger partial charge in [0.2, 0.25) is 0 Å². The first-order valence-corrected chi connectivity index (χ1v) is 11.0. The molecule has 2 unspecified atom stereocenters. The fraction of sp³-hybridized carbons (Fsp3) is 0.375. The Labute approximate surface area is 189 Å². The number of aromatic hydroxyl groups is 1. The maximum absolute atomic E-state index is 14.9. The number of piperidine rings is 1. The van der Waals surface area contributed by atoms with E-state index in [2.05, 4.69) is 15.3 Å². The summed E-state index contributed by atoms with van der Waals surface area (Å²) >= 11 is 0. The van der Waals surface area contributed by atoms with Gasteiger partial charge in [-0.15, -0.1) is 0 Å². The lowest BCUT2D eigenvalue weighted by molar-refractivity contribution is 0.176. The van der Waals surface area contributed by atoms with Gasteiger partial charge in [-0.3, -0.25) is 14.3 Å². The number of aromatic nitrogens is 3. The molecule has 2 bridgehead atoms. The fourth-order valence-corrected chi connectivity index (χ4v) is 4.87. The molecule has 4 atom stereocenters. The second-order valence-electron chi connectivity index (χ2n) is 8.74. The zero-order chi connectivity index (χ0) is 23.1. The van der Waals surface area contributed by atoms with Gasteiger partial charge in [-0.25, -0.2) is 13.8 Å². The van der Waals surface area contributed by atoms with Crippen molar-refractivity contribution in [3.05, 3.63) is 59.3 Å². The first kappa shape index (κ1) is 21.5. The Morgan fingerprint density at radius 2 is 2.00 bits per heavy atom. The van der Waals surface area contributed by atoms with Crippen molar-refractivity contribution in [2.45, 2.75) is 50.4 Å². The summed E-state index contributed by atoms with van der Waals surface area (Å²) in [4.78, 5) is 22.7. The molecule has 2 saturated heterocycles. The molecule has 2 N–H and O–H groups in total. The Morgan fingerprint density at radius 1 is 1.18 bits per heavy atom. The molecule has 4 heterocycles. The SMILES string of the molecule is CN(c1cnc(-c2ccc(-c3ccn(CF)c(=O)c3)cc2O)cn1)[C@@H]1CC2CCC(N2)[C@@H]1F. The summed E-state index contributed by atoms with van der Waals surface area (Å²) in [5.41, 5.74) is 1.71. The van der Waals surface area contributed by atoms with Crippen LogP contribution < -0.4 is 15.8 Å². The van der Waals surface area contributed by atoms with Crippen LogP contribution in [0.5, 0.6) is 5.75 Å². The van der Waals surface area contributed by atoms with E-state index >= 15 is 0 Å². The van der Waals surface area contributed by atoms with E-state index in [0.717, 1.165) is 23.8 Å². The molecule has 2 fully saturated rings. The Morgan fingerprint density at radius 3 is 2.70 bits per heavy atom. The lowest BCUT2D eigenvalue weighted by Crippen LogP contribution is -2.55. The smallest absolute Gasteiger partial charge is 0.253 e. The van der Waals surface area contributed by atoms with Gasteiger partial charge in [0.25, 0.3) is 5.56 Å². The summed E-state index contributed by atoms with van der Waals surface area (Å²) in [5, 5.41) is 13.9.